The lowest BCUT2D eigenvalue weighted by Gasteiger charge is -2.39. The Bertz CT molecular complexity index is 256. The minimum Gasteiger partial charge on any atom is -0.389 e. The molecule has 0 aromatic carbocycles. The summed E-state index contributed by atoms with van der Waals surface area (Å²) in [7, 11) is 0. The van der Waals surface area contributed by atoms with Gasteiger partial charge in [-0.15, -0.1) is 0 Å². The summed E-state index contributed by atoms with van der Waals surface area (Å²) in [5, 5.41) is 14.1. The van der Waals surface area contributed by atoms with Crippen LogP contribution in [0.5, 0.6) is 0 Å². The molecule has 106 valence electrons. The molecular formula is C14H28N2OS. The molecule has 2 saturated heterocycles. The van der Waals surface area contributed by atoms with Crippen LogP contribution in [0.4, 0.5) is 0 Å². The lowest BCUT2D eigenvalue weighted by molar-refractivity contribution is 0.0236. The van der Waals surface area contributed by atoms with E-state index in [1.165, 1.54) is 19.5 Å². The number of piperidine rings is 1. The Morgan fingerprint density at radius 2 is 2.11 bits per heavy atom. The summed E-state index contributed by atoms with van der Waals surface area (Å²) in [5.41, 5.74) is -0.438. The Morgan fingerprint density at radius 3 is 2.72 bits per heavy atom. The SMILES string of the molecule is CCN1CCC(NCC2(O)CCSCC2)C(C)C1. The Balaban J connectivity index is 1.76. The zero-order chi connectivity index (χ0) is 13.0. The molecule has 2 N–H and O–H groups in total. The van der Waals surface area contributed by atoms with Gasteiger partial charge in [0.2, 0.25) is 0 Å². The normalized spacial score (nSPS) is 33.5. The molecule has 0 aromatic heterocycles. The molecule has 2 heterocycles. The zero-order valence-corrected chi connectivity index (χ0v) is 12.6. The van der Waals surface area contributed by atoms with Crippen molar-refractivity contribution in [3.8, 4) is 0 Å². The van der Waals surface area contributed by atoms with Crippen LogP contribution in [0.15, 0.2) is 0 Å². The van der Waals surface area contributed by atoms with Gasteiger partial charge in [-0.2, -0.15) is 11.8 Å². The van der Waals surface area contributed by atoms with E-state index >= 15 is 0 Å². The van der Waals surface area contributed by atoms with Crippen molar-refractivity contribution in [2.45, 2.75) is 44.8 Å². The highest BCUT2D eigenvalue weighted by Crippen LogP contribution is 2.27. The maximum atomic E-state index is 10.5. The van der Waals surface area contributed by atoms with Crippen molar-refractivity contribution in [1.82, 2.24) is 10.2 Å². The van der Waals surface area contributed by atoms with E-state index in [2.05, 4.69) is 24.1 Å². The summed E-state index contributed by atoms with van der Waals surface area (Å²) in [6.45, 7) is 8.92. The van der Waals surface area contributed by atoms with Crippen molar-refractivity contribution in [2.24, 2.45) is 5.92 Å². The summed E-state index contributed by atoms with van der Waals surface area (Å²) in [5.74, 6) is 2.92. The average Bonchev–Trinajstić information content (AvgIpc) is 2.38. The molecule has 0 aliphatic carbocycles. The summed E-state index contributed by atoms with van der Waals surface area (Å²) in [4.78, 5) is 2.52. The summed E-state index contributed by atoms with van der Waals surface area (Å²) >= 11 is 1.97. The highest BCUT2D eigenvalue weighted by molar-refractivity contribution is 7.99. The number of hydrogen-bond donors (Lipinski definition) is 2. The molecule has 3 nitrogen and oxygen atoms in total. The third-order valence-corrected chi connectivity index (χ3v) is 5.54. The number of nitrogens with zero attached hydrogens (tertiary/aromatic N) is 1. The van der Waals surface area contributed by atoms with Crippen LogP contribution in [0, 0.1) is 5.92 Å². The second kappa shape index (κ2) is 6.60. The Hall–Kier alpha value is 0.230. The van der Waals surface area contributed by atoms with Gasteiger partial charge in [0.25, 0.3) is 0 Å². The topological polar surface area (TPSA) is 35.5 Å². The van der Waals surface area contributed by atoms with Gasteiger partial charge in [0.05, 0.1) is 5.60 Å². The first-order chi connectivity index (χ1) is 8.63. The van der Waals surface area contributed by atoms with Gasteiger partial charge in [-0.25, -0.2) is 0 Å². The van der Waals surface area contributed by atoms with Gasteiger partial charge in [0, 0.05) is 19.1 Å². The first-order valence-electron chi connectivity index (χ1n) is 7.39. The largest absolute Gasteiger partial charge is 0.389 e. The molecular weight excluding hydrogens is 244 g/mol. The standard InChI is InChI=1S/C14H28N2OS/c1-3-16-7-4-13(12(2)10-16)15-11-14(17)5-8-18-9-6-14/h12-13,15,17H,3-11H2,1-2H3. The number of aliphatic hydroxyl groups is 1. The molecule has 2 aliphatic rings. The molecule has 0 saturated carbocycles. The van der Waals surface area contributed by atoms with Gasteiger partial charge in [0.15, 0.2) is 0 Å². The second-order valence-electron chi connectivity index (χ2n) is 5.98. The minimum atomic E-state index is -0.438. The first-order valence-corrected chi connectivity index (χ1v) is 8.54. The van der Waals surface area contributed by atoms with Crippen LogP contribution in [0.2, 0.25) is 0 Å². The molecule has 0 radical (unpaired) electrons. The number of thioether (sulfide) groups is 1. The van der Waals surface area contributed by atoms with Crippen LogP contribution < -0.4 is 5.32 Å². The molecule has 0 aromatic rings. The van der Waals surface area contributed by atoms with E-state index < -0.39 is 5.60 Å². The van der Waals surface area contributed by atoms with E-state index in [4.69, 9.17) is 0 Å². The maximum absolute atomic E-state index is 10.5. The molecule has 0 bridgehead atoms. The predicted octanol–water partition coefficient (Wildman–Crippen LogP) is 1.56. The molecule has 0 amide bonds. The summed E-state index contributed by atoms with van der Waals surface area (Å²) in [6, 6.07) is 0.589. The monoisotopic (exact) mass is 272 g/mol. The average molecular weight is 272 g/mol. The Morgan fingerprint density at radius 1 is 1.39 bits per heavy atom. The quantitative estimate of drug-likeness (QED) is 0.814. The van der Waals surface area contributed by atoms with Crippen molar-refractivity contribution < 1.29 is 5.11 Å². The third kappa shape index (κ3) is 3.86. The smallest absolute Gasteiger partial charge is 0.0787 e. The lowest BCUT2D eigenvalue weighted by Crippen LogP contribution is -2.53. The van der Waals surface area contributed by atoms with Crippen LogP contribution in [0.25, 0.3) is 0 Å². The number of rotatable bonds is 4. The molecule has 18 heavy (non-hydrogen) atoms. The second-order valence-corrected chi connectivity index (χ2v) is 7.21. The zero-order valence-electron chi connectivity index (χ0n) is 11.8. The fraction of sp³-hybridized carbons (Fsp3) is 1.00. The Labute approximate surface area is 116 Å². The predicted molar refractivity (Wildman–Crippen MR) is 79.2 cm³/mol. The van der Waals surface area contributed by atoms with Gasteiger partial charge < -0.3 is 15.3 Å². The van der Waals surface area contributed by atoms with E-state index in [-0.39, 0.29) is 0 Å². The number of likely N-dealkylation sites (tertiary alicyclic amines) is 1. The van der Waals surface area contributed by atoms with E-state index in [1.54, 1.807) is 0 Å². The molecule has 2 rings (SSSR count). The number of hydrogen-bond acceptors (Lipinski definition) is 4. The van der Waals surface area contributed by atoms with Gasteiger partial charge in [-0.1, -0.05) is 13.8 Å². The highest BCUT2D eigenvalue weighted by atomic mass is 32.2. The summed E-state index contributed by atoms with van der Waals surface area (Å²) in [6.07, 6.45) is 3.12. The lowest BCUT2D eigenvalue weighted by atomic mass is 9.91. The fourth-order valence-electron chi connectivity index (χ4n) is 3.07. The molecule has 2 aliphatic heterocycles. The van der Waals surface area contributed by atoms with Crippen LogP contribution in [-0.2, 0) is 0 Å². The van der Waals surface area contributed by atoms with Gasteiger partial charge in [-0.05, 0) is 49.8 Å². The molecule has 2 atom stereocenters. The van der Waals surface area contributed by atoms with Crippen molar-refractivity contribution in [3.63, 3.8) is 0 Å². The van der Waals surface area contributed by atoms with E-state index in [0.717, 1.165) is 37.4 Å². The number of nitrogens with one attached hydrogen (secondary N) is 1. The van der Waals surface area contributed by atoms with Crippen LogP contribution >= 0.6 is 11.8 Å². The Kier molecular flexibility index (Phi) is 5.36. The van der Waals surface area contributed by atoms with Crippen molar-refractivity contribution in [1.29, 1.82) is 0 Å². The van der Waals surface area contributed by atoms with E-state index in [1.807, 2.05) is 11.8 Å². The van der Waals surface area contributed by atoms with Crippen LogP contribution in [-0.4, -0.2) is 59.3 Å². The third-order valence-electron chi connectivity index (χ3n) is 4.55. The molecule has 4 heteroatoms. The van der Waals surface area contributed by atoms with Crippen molar-refractivity contribution in [2.75, 3.05) is 37.7 Å². The van der Waals surface area contributed by atoms with Crippen LogP contribution in [0.3, 0.4) is 0 Å². The van der Waals surface area contributed by atoms with Gasteiger partial charge >= 0.3 is 0 Å². The highest BCUT2D eigenvalue weighted by Gasteiger charge is 2.32. The van der Waals surface area contributed by atoms with Gasteiger partial charge in [0.1, 0.15) is 0 Å². The fourth-order valence-corrected chi connectivity index (χ4v) is 4.32. The van der Waals surface area contributed by atoms with E-state index in [0.29, 0.717) is 12.0 Å². The molecule has 2 unspecified atom stereocenters. The van der Waals surface area contributed by atoms with Gasteiger partial charge in [-0.3, -0.25) is 0 Å². The van der Waals surface area contributed by atoms with Crippen LogP contribution in [0.1, 0.15) is 33.1 Å². The minimum absolute atomic E-state index is 0.438. The maximum Gasteiger partial charge on any atom is 0.0787 e. The molecule has 2 fully saturated rings. The molecule has 0 spiro atoms. The van der Waals surface area contributed by atoms with E-state index in [9.17, 15) is 5.11 Å². The van der Waals surface area contributed by atoms with Crippen molar-refractivity contribution >= 4 is 11.8 Å². The first kappa shape index (κ1) is 14.6. The van der Waals surface area contributed by atoms with Crippen molar-refractivity contribution in [3.05, 3.63) is 0 Å². The summed E-state index contributed by atoms with van der Waals surface area (Å²) < 4.78 is 0.